The minimum atomic E-state index is -0.492. The van der Waals surface area contributed by atoms with Crippen LogP contribution in [0.2, 0.25) is 0 Å². The van der Waals surface area contributed by atoms with Crippen molar-refractivity contribution in [2.45, 2.75) is 65.6 Å². The van der Waals surface area contributed by atoms with Gasteiger partial charge in [0.2, 0.25) is 5.91 Å². The van der Waals surface area contributed by atoms with Crippen LogP contribution in [0.25, 0.3) is 20.8 Å². The fourth-order valence-corrected chi connectivity index (χ4v) is 6.69. The number of ether oxygens (including phenoxy) is 1. The number of aromatic nitrogens is 1. The Bertz CT molecular complexity index is 1220. The summed E-state index contributed by atoms with van der Waals surface area (Å²) in [5.74, 6) is -0.175. The summed E-state index contributed by atoms with van der Waals surface area (Å²) in [4.78, 5) is 33.3. The topological polar surface area (TPSA) is 83.6 Å². The molecule has 1 aromatic carbocycles. The monoisotopic (exact) mass is 578 g/mol. The second-order valence-corrected chi connectivity index (χ2v) is 12.1. The molecule has 0 radical (unpaired) electrons. The van der Waals surface area contributed by atoms with Gasteiger partial charge in [0.25, 0.3) is 0 Å². The first-order valence-corrected chi connectivity index (χ1v) is 14.4. The predicted molar refractivity (Wildman–Crippen MR) is 147 cm³/mol. The third-order valence-electron chi connectivity index (χ3n) is 6.17. The minimum absolute atomic E-state index is 0.0326. The molecule has 0 saturated carbocycles. The molecule has 1 atom stereocenters. The van der Waals surface area contributed by atoms with Crippen LogP contribution in [0.3, 0.4) is 0 Å². The van der Waals surface area contributed by atoms with E-state index in [0.717, 1.165) is 56.2 Å². The number of carbonyl (C=O) groups is 2. The van der Waals surface area contributed by atoms with E-state index in [1.807, 2.05) is 26.0 Å². The third-order valence-corrected chi connectivity index (χ3v) is 8.85. The van der Waals surface area contributed by atoms with Gasteiger partial charge in [0.1, 0.15) is 16.6 Å². The molecule has 0 aliphatic carbocycles. The standard InChI is InChI=1S/C25H31BrN4O3S2/c1-5-15(4)27-25(32)33-11-9-21(31)29-24-22(17-8-10-30(14(2)3)13-20(17)35-24)23-28-18-12-16(26)6-7-19(18)34-23/h6-7,12,14-15H,5,8-11,13H2,1-4H3,(H,27,32)(H,29,31). The van der Waals surface area contributed by atoms with E-state index < -0.39 is 6.09 Å². The molecule has 35 heavy (non-hydrogen) atoms. The highest BCUT2D eigenvalue weighted by molar-refractivity contribution is 9.10. The lowest BCUT2D eigenvalue weighted by Crippen LogP contribution is -2.35. The Hall–Kier alpha value is -2.01. The molecule has 2 aromatic heterocycles. The molecule has 2 N–H and O–H groups in total. The van der Waals surface area contributed by atoms with Gasteiger partial charge in [-0.3, -0.25) is 9.69 Å². The molecule has 0 saturated heterocycles. The number of nitrogens with zero attached hydrogens (tertiary/aromatic N) is 2. The molecule has 1 unspecified atom stereocenters. The number of thiophene rings is 1. The molecule has 3 heterocycles. The van der Waals surface area contributed by atoms with Gasteiger partial charge in [-0.05, 0) is 57.4 Å². The van der Waals surface area contributed by atoms with Gasteiger partial charge >= 0.3 is 6.09 Å². The Morgan fingerprint density at radius 3 is 2.80 bits per heavy atom. The highest BCUT2D eigenvalue weighted by Gasteiger charge is 2.28. The van der Waals surface area contributed by atoms with E-state index in [1.165, 1.54) is 10.4 Å². The van der Waals surface area contributed by atoms with Gasteiger partial charge in [-0.15, -0.1) is 22.7 Å². The Morgan fingerprint density at radius 2 is 2.06 bits per heavy atom. The van der Waals surface area contributed by atoms with Crippen LogP contribution in [0.15, 0.2) is 22.7 Å². The maximum atomic E-state index is 12.8. The van der Waals surface area contributed by atoms with Crippen LogP contribution in [0.5, 0.6) is 0 Å². The van der Waals surface area contributed by atoms with Crippen molar-refractivity contribution in [3.8, 4) is 10.6 Å². The van der Waals surface area contributed by atoms with Crippen molar-refractivity contribution in [1.82, 2.24) is 15.2 Å². The van der Waals surface area contributed by atoms with E-state index in [-0.39, 0.29) is 25.0 Å². The van der Waals surface area contributed by atoms with Crippen LogP contribution < -0.4 is 10.6 Å². The van der Waals surface area contributed by atoms with Gasteiger partial charge in [-0.25, -0.2) is 9.78 Å². The highest BCUT2D eigenvalue weighted by atomic mass is 79.9. The number of thiazole rings is 1. The number of anilines is 1. The highest BCUT2D eigenvalue weighted by Crippen LogP contribution is 2.46. The van der Waals surface area contributed by atoms with Crippen molar-refractivity contribution in [1.29, 1.82) is 0 Å². The zero-order chi connectivity index (χ0) is 25.1. The van der Waals surface area contributed by atoms with Gasteiger partial charge in [0.05, 0.1) is 16.6 Å². The molecular formula is C25H31BrN4O3S2. The molecule has 0 spiro atoms. The van der Waals surface area contributed by atoms with E-state index in [4.69, 9.17) is 9.72 Å². The lowest BCUT2D eigenvalue weighted by atomic mass is 10.0. The van der Waals surface area contributed by atoms with Crippen LogP contribution in [-0.4, -0.2) is 47.1 Å². The van der Waals surface area contributed by atoms with Crippen LogP contribution in [0.1, 0.15) is 51.0 Å². The number of halogens is 1. The number of alkyl carbamates (subject to hydrolysis) is 1. The number of fused-ring (bicyclic) bond motifs is 2. The second-order valence-electron chi connectivity index (χ2n) is 9.04. The Labute approximate surface area is 222 Å². The molecule has 4 rings (SSSR count). The molecule has 1 aliphatic heterocycles. The van der Waals surface area contributed by atoms with Gasteiger partial charge in [-0.1, -0.05) is 22.9 Å². The van der Waals surface area contributed by atoms with Crippen LogP contribution in [-0.2, 0) is 22.5 Å². The largest absolute Gasteiger partial charge is 0.449 e. The predicted octanol–water partition coefficient (Wildman–Crippen LogP) is 6.41. The summed E-state index contributed by atoms with van der Waals surface area (Å²) in [6, 6.07) is 6.62. The molecular weight excluding hydrogens is 548 g/mol. The van der Waals surface area contributed by atoms with E-state index in [9.17, 15) is 9.59 Å². The number of hydrogen-bond acceptors (Lipinski definition) is 7. The summed E-state index contributed by atoms with van der Waals surface area (Å²) < 4.78 is 7.29. The zero-order valence-corrected chi connectivity index (χ0v) is 23.7. The summed E-state index contributed by atoms with van der Waals surface area (Å²) in [6.45, 7) is 10.2. The molecule has 188 valence electrons. The number of rotatable bonds is 8. The van der Waals surface area contributed by atoms with E-state index in [1.54, 1.807) is 22.7 Å². The Morgan fingerprint density at radius 1 is 1.26 bits per heavy atom. The van der Waals surface area contributed by atoms with Gasteiger partial charge in [0.15, 0.2) is 0 Å². The van der Waals surface area contributed by atoms with Crippen LogP contribution >= 0.6 is 38.6 Å². The Balaban J connectivity index is 1.55. The molecule has 1 aliphatic rings. The van der Waals surface area contributed by atoms with Crippen molar-refractivity contribution in [2.75, 3.05) is 18.5 Å². The van der Waals surface area contributed by atoms with Crippen molar-refractivity contribution in [3.63, 3.8) is 0 Å². The average Bonchev–Trinajstić information content (AvgIpc) is 3.38. The van der Waals surface area contributed by atoms with E-state index in [0.29, 0.717) is 6.04 Å². The maximum absolute atomic E-state index is 12.8. The summed E-state index contributed by atoms with van der Waals surface area (Å²) in [5, 5.41) is 7.59. The lowest BCUT2D eigenvalue weighted by molar-refractivity contribution is -0.116. The fourth-order valence-electron chi connectivity index (χ4n) is 3.96. The molecule has 0 bridgehead atoms. The minimum Gasteiger partial charge on any atom is -0.449 e. The smallest absolute Gasteiger partial charge is 0.407 e. The first kappa shape index (κ1) is 26.1. The number of hydrogen-bond donors (Lipinski definition) is 2. The van der Waals surface area contributed by atoms with E-state index in [2.05, 4.69) is 51.4 Å². The summed E-state index contributed by atoms with van der Waals surface area (Å²) in [5.41, 5.74) is 3.26. The lowest BCUT2D eigenvalue weighted by Gasteiger charge is -2.30. The summed E-state index contributed by atoms with van der Waals surface area (Å²) in [6.07, 6.45) is 1.35. The normalized spacial score (nSPS) is 14.7. The van der Waals surface area contributed by atoms with Gasteiger partial charge < -0.3 is 15.4 Å². The SMILES string of the molecule is CCC(C)NC(=O)OCCC(=O)Nc1sc2c(c1-c1nc3cc(Br)ccc3s1)CCN(C(C)C)C2. The van der Waals surface area contributed by atoms with E-state index >= 15 is 0 Å². The second kappa shape index (κ2) is 11.4. The molecule has 2 amide bonds. The van der Waals surface area contributed by atoms with Crippen molar-refractivity contribution < 1.29 is 14.3 Å². The number of nitrogens with one attached hydrogen (secondary N) is 2. The van der Waals surface area contributed by atoms with Crippen LogP contribution in [0.4, 0.5) is 9.80 Å². The number of amides is 2. The van der Waals surface area contributed by atoms with Crippen molar-refractivity contribution in [2.24, 2.45) is 0 Å². The van der Waals surface area contributed by atoms with Gasteiger partial charge in [-0.2, -0.15) is 0 Å². The Kier molecular flexibility index (Phi) is 8.46. The average molecular weight is 580 g/mol. The molecule has 3 aromatic rings. The molecule has 10 heteroatoms. The zero-order valence-electron chi connectivity index (χ0n) is 20.4. The maximum Gasteiger partial charge on any atom is 0.407 e. The van der Waals surface area contributed by atoms with Crippen molar-refractivity contribution >= 4 is 65.8 Å². The summed E-state index contributed by atoms with van der Waals surface area (Å²) >= 11 is 6.81. The first-order chi connectivity index (χ1) is 16.7. The van der Waals surface area contributed by atoms with Crippen molar-refractivity contribution in [3.05, 3.63) is 33.1 Å². The summed E-state index contributed by atoms with van der Waals surface area (Å²) in [7, 11) is 0. The number of benzene rings is 1. The van der Waals surface area contributed by atoms with Crippen LogP contribution in [0, 0.1) is 0 Å². The quantitative estimate of drug-likeness (QED) is 0.323. The molecule has 0 fully saturated rings. The number of carbonyl (C=O) groups excluding carboxylic acids is 2. The third kappa shape index (κ3) is 6.22. The molecule has 7 nitrogen and oxygen atoms in total. The first-order valence-electron chi connectivity index (χ1n) is 11.9. The fraction of sp³-hybridized carbons (Fsp3) is 0.480. The van der Waals surface area contributed by atoms with Gasteiger partial charge in [0, 0.05) is 40.1 Å².